The second-order valence-corrected chi connectivity index (χ2v) is 7.30. The summed E-state index contributed by atoms with van der Waals surface area (Å²) in [4.78, 5) is 20.4. The van der Waals surface area contributed by atoms with E-state index in [9.17, 15) is 9.18 Å². The Labute approximate surface area is 137 Å². The minimum absolute atomic E-state index is 0.00208. The molecule has 4 nitrogen and oxygen atoms in total. The van der Waals surface area contributed by atoms with E-state index in [0.717, 1.165) is 5.01 Å². The van der Waals surface area contributed by atoms with Crippen LogP contribution in [0.15, 0.2) is 28.4 Å². The van der Waals surface area contributed by atoms with Gasteiger partial charge in [-0.15, -0.1) is 11.3 Å². The first kappa shape index (κ1) is 15.6. The number of carbonyl (C=O) groups excluding carboxylic acids is 1. The van der Waals surface area contributed by atoms with Crippen molar-refractivity contribution in [2.45, 2.75) is 25.2 Å². The number of aromatic nitrogens is 1. The topological polar surface area (TPSA) is 36.4 Å². The Morgan fingerprint density at radius 3 is 3.09 bits per heavy atom. The number of likely N-dealkylation sites (N-methyl/N-ethyl adjacent to an activating group) is 1. The lowest BCUT2D eigenvalue weighted by atomic mass is 10.2. The molecule has 118 valence electrons. The fourth-order valence-corrected chi connectivity index (χ4v) is 4.09. The van der Waals surface area contributed by atoms with Crippen LogP contribution in [0.25, 0.3) is 0 Å². The Bertz CT molecular complexity index is 602. The molecular formula is C15H18FN3OS2. The monoisotopic (exact) mass is 339 g/mol. The largest absolute Gasteiger partial charge is 0.340 e. The van der Waals surface area contributed by atoms with Gasteiger partial charge in [0.2, 0.25) is 0 Å². The second-order valence-electron chi connectivity index (χ2n) is 5.54. The normalized spacial score (nSPS) is 22.1. The molecule has 7 heteroatoms. The minimum Gasteiger partial charge on any atom is -0.340 e. The van der Waals surface area contributed by atoms with Crippen molar-refractivity contribution in [1.82, 2.24) is 14.8 Å². The van der Waals surface area contributed by atoms with Crippen molar-refractivity contribution >= 4 is 28.6 Å². The van der Waals surface area contributed by atoms with Crippen molar-refractivity contribution in [1.29, 1.82) is 0 Å². The lowest BCUT2D eigenvalue weighted by Crippen LogP contribution is -2.40. The third-order valence-corrected chi connectivity index (χ3v) is 5.35. The first-order chi connectivity index (χ1) is 10.6. The lowest BCUT2D eigenvalue weighted by Gasteiger charge is -2.27. The number of thiazole rings is 1. The van der Waals surface area contributed by atoms with E-state index in [0.29, 0.717) is 31.6 Å². The highest BCUT2D eigenvalue weighted by Crippen LogP contribution is 2.24. The van der Waals surface area contributed by atoms with E-state index in [1.54, 1.807) is 29.5 Å². The van der Waals surface area contributed by atoms with Crippen LogP contribution in [0, 0.1) is 0 Å². The summed E-state index contributed by atoms with van der Waals surface area (Å²) in [7, 11) is 1.78. The van der Waals surface area contributed by atoms with Crippen molar-refractivity contribution in [2.24, 2.45) is 0 Å². The SMILES string of the molecule is CN(C[C@@H]1C[C@H](F)CN1Cc1nccs1)C(=O)c1ccsc1. The highest BCUT2D eigenvalue weighted by Gasteiger charge is 2.34. The third-order valence-electron chi connectivity index (χ3n) is 3.90. The Hall–Kier alpha value is -1.31. The Kier molecular flexibility index (Phi) is 4.85. The standard InChI is InChI=1S/C15H18FN3OS2/c1-18(15(20)11-2-4-21-10-11)8-13-6-12(16)7-19(13)9-14-17-3-5-22-14/h2-5,10,12-13H,6-9H2,1H3/t12-,13-/m0/s1. The summed E-state index contributed by atoms with van der Waals surface area (Å²) in [5, 5.41) is 6.66. The molecule has 2 aromatic rings. The summed E-state index contributed by atoms with van der Waals surface area (Å²) in [6, 6.07) is 1.87. The van der Waals surface area contributed by atoms with Gasteiger partial charge in [0.05, 0.1) is 12.1 Å². The van der Waals surface area contributed by atoms with Gasteiger partial charge in [-0.2, -0.15) is 11.3 Å². The second kappa shape index (κ2) is 6.85. The summed E-state index contributed by atoms with van der Waals surface area (Å²) in [6.07, 6.45) is 1.42. The molecule has 0 bridgehead atoms. The maximum Gasteiger partial charge on any atom is 0.254 e. The zero-order valence-corrected chi connectivity index (χ0v) is 13.9. The molecule has 1 aliphatic rings. The predicted octanol–water partition coefficient (Wildman–Crippen LogP) is 2.89. The number of amides is 1. The van der Waals surface area contributed by atoms with Crippen LogP contribution in [0.3, 0.4) is 0 Å². The van der Waals surface area contributed by atoms with Crippen LogP contribution in [0.2, 0.25) is 0 Å². The number of alkyl halides is 1. The van der Waals surface area contributed by atoms with Crippen molar-refractivity contribution < 1.29 is 9.18 Å². The number of hydrogen-bond acceptors (Lipinski definition) is 5. The summed E-state index contributed by atoms with van der Waals surface area (Å²) in [6.45, 7) is 1.62. The van der Waals surface area contributed by atoms with E-state index < -0.39 is 6.17 Å². The molecular weight excluding hydrogens is 321 g/mol. The molecule has 3 heterocycles. The van der Waals surface area contributed by atoms with E-state index in [-0.39, 0.29) is 11.9 Å². The summed E-state index contributed by atoms with van der Waals surface area (Å²) >= 11 is 3.09. The van der Waals surface area contributed by atoms with Crippen LogP contribution < -0.4 is 0 Å². The van der Waals surface area contributed by atoms with Crippen molar-refractivity contribution in [3.8, 4) is 0 Å². The molecule has 1 amide bonds. The number of nitrogens with zero attached hydrogens (tertiary/aromatic N) is 3. The molecule has 0 unspecified atom stereocenters. The van der Waals surface area contributed by atoms with Crippen LogP contribution in [0.1, 0.15) is 21.8 Å². The first-order valence-electron chi connectivity index (χ1n) is 7.17. The quantitative estimate of drug-likeness (QED) is 0.840. The van der Waals surface area contributed by atoms with E-state index >= 15 is 0 Å². The highest BCUT2D eigenvalue weighted by molar-refractivity contribution is 7.09. The van der Waals surface area contributed by atoms with Gasteiger partial charge in [0.25, 0.3) is 5.91 Å². The molecule has 3 rings (SSSR count). The van der Waals surface area contributed by atoms with Gasteiger partial charge in [0.1, 0.15) is 11.2 Å². The van der Waals surface area contributed by atoms with Gasteiger partial charge in [-0.1, -0.05) is 0 Å². The molecule has 0 spiro atoms. The molecule has 2 aromatic heterocycles. The number of hydrogen-bond donors (Lipinski definition) is 0. The van der Waals surface area contributed by atoms with E-state index in [1.165, 1.54) is 11.3 Å². The molecule has 0 radical (unpaired) electrons. The molecule has 0 aliphatic carbocycles. The fourth-order valence-electron chi connectivity index (χ4n) is 2.82. The first-order valence-corrected chi connectivity index (χ1v) is 9.00. The molecule has 1 aliphatic heterocycles. The van der Waals surface area contributed by atoms with Crippen molar-refractivity contribution in [3.05, 3.63) is 39.0 Å². The average molecular weight is 339 g/mol. The van der Waals surface area contributed by atoms with Gasteiger partial charge in [0, 0.05) is 43.1 Å². The highest BCUT2D eigenvalue weighted by atomic mass is 32.1. The van der Waals surface area contributed by atoms with E-state index in [2.05, 4.69) is 9.88 Å². The average Bonchev–Trinajstić information content (AvgIpc) is 3.22. The van der Waals surface area contributed by atoms with Crippen LogP contribution in [0.5, 0.6) is 0 Å². The molecule has 0 N–H and O–H groups in total. The maximum absolute atomic E-state index is 13.8. The van der Waals surface area contributed by atoms with Crippen molar-refractivity contribution in [3.63, 3.8) is 0 Å². The minimum atomic E-state index is -0.824. The van der Waals surface area contributed by atoms with Crippen LogP contribution in [0.4, 0.5) is 4.39 Å². The van der Waals surface area contributed by atoms with E-state index in [4.69, 9.17) is 0 Å². The smallest absolute Gasteiger partial charge is 0.254 e. The fraction of sp³-hybridized carbons (Fsp3) is 0.467. The predicted molar refractivity (Wildman–Crippen MR) is 87.1 cm³/mol. The molecule has 0 saturated carbocycles. The summed E-state index contributed by atoms with van der Waals surface area (Å²) in [5.74, 6) is -0.00208. The lowest BCUT2D eigenvalue weighted by molar-refractivity contribution is 0.0750. The summed E-state index contributed by atoms with van der Waals surface area (Å²) < 4.78 is 13.8. The van der Waals surface area contributed by atoms with Gasteiger partial charge in [-0.25, -0.2) is 9.37 Å². The van der Waals surface area contributed by atoms with Gasteiger partial charge >= 0.3 is 0 Å². The van der Waals surface area contributed by atoms with Gasteiger partial charge in [-0.3, -0.25) is 9.69 Å². The number of likely N-dealkylation sites (tertiary alicyclic amines) is 1. The third kappa shape index (κ3) is 3.53. The zero-order chi connectivity index (χ0) is 15.5. The van der Waals surface area contributed by atoms with Crippen molar-refractivity contribution in [2.75, 3.05) is 20.1 Å². The van der Waals surface area contributed by atoms with Gasteiger partial charge < -0.3 is 4.90 Å². The van der Waals surface area contributed by atoms with Gasteiger partial charge in [-0.05, 0) is 17.9 Å². The molecule has 1 fully saturated rings. The Morgan fingerprint density at radius 2 is 2.41 bits per heavy atom. The maximum atomic E-state index is 13.8. The molecule has 1 saturated heterocycles. The molecule has 0 aromatic carbocycles. The Balaban J connectivity index is 1.63. The number of thiophene rings is 1. The van der Waals surface area contributed by atoms with Crippen LogP contribution in [-0.4, -0.2) is 53.0 Å². The number of halogens is 1. The molecule has 22 heavy (non-hydrogen) atoms. The van der Waals surface area contributed by atoms with Gasteiger partial charge in [0.15, 0.2) is 0 Å². The molecule has 2 atom stereocenters. The number of carbonyl (C=O) groups is 1. The van der Waals surface area contributed by atoms with Crippen LogP contribution in [-0.2, 0) is 6.54 Å². The van der Waals surface area contributed by atoms with Crippen LogP contribution >= 0.6 is 22.7 Å². The van der Waals surface area contributed by atoms with E-state index in [1.807, 2.05) is 22.2 Å². The zero-order valence-electron chi connectivity index (χ0n) is 12.3. The summed E-state index contributed by atoms with van der Waals surface area (Å²) in [5.41, 5.74) is 0.703. The Morgan fingerprint density at radius 1 is 1.55 bits per heavy atom. The number of rotatable bonds is 5.